The summed E-state index contributed by atoms with van der Waals surface area (Å²) in [5.74, 6) is 1.86. The lowest BCUT2D eigenvalue weighted by Gasteiger charge is -2.14. The lowest BCUT2D eigenvalue weighted by atomic mass is 10.3. The number of hydrogen-bond acceptors (Lipinski definition) is 10. The van der Waals surface area contributed by atoms with Gasteiger partial charge in [0.1, 0.15) is 25.4 Å². The first-order chi connectivity index (χ1) is 16.8. The predicted molar refractivity (Wildman–Crippen MR) is 133 cm³/mol. The molecule has 0 amide bonds. The molecular formula is C24H36N2O8S. The van der Waals surface area contributed by atoms with Crippen molar-refractivity contribution in [1.29, 1.82) is 0 Å². The molecule has 35 heavy (non-hydrogen) atoms. The molecular weight excluding hydrogens is 476 g/mol. The largest absolute Gasteiger partial charge is 0.461 e. The summed E-state index contributed by atoms with van der Waals surface area (Å²) < 4.78 is 26.1. The van der Waals surface area contributed by atoms with Gasteiger partial charge in [-0.1, -0.05) is 13.2 Å². The van der Waals surface area contributed by atoms with Gasteiger partial charge in [0, 0.05) is 37.3 Å². The van der Waals surface area contributed by atoms with Crippen LogP contribution < -0.4 is 10.6 Å². The van der Waals surface area contributed by atoms with Gasteiger partial charge >= 0.3 is 11.9 Å². The van der Waals surface area contributed by atoms with Crippen LogP contribution in [0.15, 0.2) is 24.3 Å². The van der Waals surface area contributed by atoms with Crippen LogP contribution in [0.2, 0.25) is 0 Å². The molecule has 0 saturated carbocycles. The minimum atomic E-state index is -0.790. The van der Waals surface area contributed by atoms with Crippen LogP contribution in [0, 0.1) is 17.2 Å². The first-order valence-corrected chi connectivity index (χ1v) is 12.1. The topological polar surface area (TPSA) is 125 Å². The molecule has 0 aromatic carbocycles. The second kappa shape index (κ2) is 18.9. The standard InChI is InChI=1S/C24H36N2O8S/c1-18(2)23(28)33-15-20(27)13-25-6-9-30-11-12-31-10-7-26-14-22(16-34-24(29)19(3)4)35-17-21-5-8-32-21/h20-22,25-27H,1,3,6-7,9-16H2,2,4H3. The predicted octanol–water partition coefficient (Wildman–Crippen LogP) is 0.219. The maximum absolute atomic E-state index is 11.6. The van der Waals surface area contributed by atoms with Gasteiger partial charge in [-0.25, -0.2) is 9.59 Å². The van der Waals surface area contributed by atoms with E-state index in [2.05, 4.69) is 41.0 Å². The summed E-state index contributed by atoms with van der Waals surface area (Å²) in [6.45, 7) is 14.3. The number of hydrogen-bond donors (Lipinski definition) is 3. The second-order valence-electron chi connectivity index (χ2n) is 7.65. The summed E-state index contributed by atoms with van der Waals surface area (Å²) in [4.78, 5) is 22.9. The van der Waals surface area contributed by atoms with E-state index in [0.29, 0.717) is 57.2 Å². The van der Waals surface area contributed by atoms with Crippen LogP contribution in [0.1, 0.15) is 13.8 Å². The lowest BCUT2D eigenvalue weighted by Crippen LogP contribution is -2.33. The number of carbonyl (C=O) groups excluding carboxylic acids is 2. The number of aliphatic hydroxyl groups excluding tert-OH is 1. The van der Waals surface area contributed by atoms with Gasteiger partial charge < -0.3 is 39.4 Å². The molecule has 1 aliphatic rings. The van der Waals surface area contributed by atoms with Crippen molar-refractivity contribution >= 4 is 23.1 Å². The van der Waals surface area contributed by atoms with Crippen LogP contribution >= 0.6 is 11.2 Å². The number of carbonyl (C=O) groups is 2. The highest BCUT2D eigenvalue weighted by molar-refractivity contribution is 7.89. The molecule has 11 heteroatoms. The van der Waals surface area contributed by atoms with E-state index in [1.165, 1.54) is 11.2 Å². The van der Waals surface area contributed by atoms with Crippen molar-refractivity contribution in [1.82, 2.24) is 10.6 Å². The molecule has 1 aliphatic heterocycles. The fourth-order valence-electron chi connectivity index (χ4n) is 2.25. The molecule has 1 rings (SSSR count). The molecule has 0 aliphatic carbocycles. The molecule has 0 bridgehead atoms. The first kappa shape index (κ1) is 30.6. The smallest absolute Gasteiger partial charge is 0.333 e. The SMILES string of the molecule is C=C(C)C(=O)OCC(O)CNCCOCCOCCNCC(COC(=O)C(=C)C)S#CC1C#CO1. The zero-order chi connectivity index (χ0) is 25.9. The Morgan fingerprint density at radius 3 is 2.06 bits per heavy atom. The third-order valence-corrected chi connectivity index (χ3v) is 5.17. The van der Waals surface area contributed by atoms with Gasteiger partial charge in [-0.3, -0.25) is 0 Å². The zero-order valence-corrected chi connectivity index (χ0v) is 21.2. The fourth-order valence-corrected chi connectivity index (χ4v) is 3.01. The van der Waals surface area contributed by atoms with Crippen molar-refractivity contribution < 1.29 is 38.4 Å². The lowest BCUT2D eigenvalue weighted by molar-refractivity contribution is -0.142. The Morgan fingerprint density at radius 1 is 1.00 bits per heavy atom. The molecule has 0 aromatic rings. The quantitative estimate of drug-likeness (QED) is 0.0958. The van der Waals surface area contributed by atoms with E-state index in [1.807, 2.05) is 0 Å². The minimum Gasteiger partial charge on any atom is -0.461 e. The van der Waals surface area contributed by atoms with E-state index in [0.717, 1.165) is 0 Å². The van der Waals surface area contributed by atoms with Gasteiger partial charge in [0.15, 0.2) is 0 Å². The molecule has 10 nitrogen and oxygen atoms in total. The van der Waals surface area contributed by atoms with E-state index in [-0.39, 0.29) is 31.1 Å². The molecule has 0 fully saturated rings. The van der Waals surface area contributed by atoms with Crippen LogP contribution in [0.5, 0.6) is 0 Å². The molecule has 1 heterocycles. The normalized spacial score (nSPS) is 15.2. The van der Waals surface area contributed by atoms with Gasteiger partial charge in [0.25, 0.3) is 0 Å². The van der Waals surface area contributed by atoms with Crippen molar-refractivity contribution in [3.8, 4) is 17.2 Å². The van der Waals surface area contributed by atoms with E-state index in [4.69, 9.17) is 23.7 Å². The second-order valence-corrected chi connectivity index (χ2v) is 8.78. The molecule has 3 atom stereocenters. The highest BCUT2D eigenvalue weighted by Gasteiger charge is 2.12. The first-order valence-electron chi connectivity index (χ1n) is 11.3. The van der Waals surface area contributed by atoms with E-state index in [1.54, 1.807) is 13.8 Å². The third kappa shape index (κ3) is 16.0. The van der Waals surface area contributed by atoms with Crippen molar-refractivity contribution in [2.24, 2.45) is 0 Å². The highest BCUT2D eigenvalue weighted by atomic mass is 32.1. The monoisotopic (exact) mass is 512 g/mol. The van der Waals surface area contributed by atoms with Gasteiger partial charge in [-0.2, -0.15) is 0 Å². The number of nitrogens with one attached hydrogen (secondary N) is 2. The third-order valence-electron chi connectivity index (χ3n) is 4.18. The Morgan fingerprint density at radius 2 is 1.54 bits per heavy atom. The number of rotatable bonds is 19. The Bertz CT molecular complexity index is 827. The summed E-state index contributed by atoms with van der Waals surface area (Å²) in [5.41, 5.74) is 0.651. The van der Waals surface area contributed by atoms with Gasteiger partial charge in [0.2, 0.25) is 6.10 Å². The summed E-state index contributed by atoms with van der Waals surface area (Å²) in [7, 11) is 0. The van der Waals surface area contributed by atoms with Gasteiger partial charge in [-0.15, -0.1) is 11.2 Å². The Kier molecular flexibility index (Phi) is 16.5. The summed E-state index contributed by atoms with van der Waals surface area (Å²) in [5, 5.41) is 19.0. The maximum atomic E-state index is 11.6. The average Bonchev–Trinajstić information content (AvgIpc) is 2.79. The fraction of sp³-hybridized carbons (Fsp3) is 0.625. The van der Waals surface area contributed by atoms with Crippen LogP contribution in [0.25, 0.3) is 0 Å². The minimum absolute atomic E-state index is 0.0446. The maximum Gasteiger partial charge on any atom is 0.333 e. The molecule has 196 valence electrons. The molecule has 0 aromatic heterocycles. The van der Waals surface area contributed by atoms with E-state index >= 15 is 0 Å². The number of ether oxygens (including phenoxy) is 5. The van der Waals surface area contributed by atoms with Crippen molar-refractivity contribution in [2.45, 2.75) is 31.3 Å². The van der Waals surface area contributed by atoms with Gasteiger partial charge in [-0.05, 0) is 25.0 Å². The Hall–Kier alpha value is -2.42. The highest BCUT2D eigenvalue weighted by Crippen LogP contribution is 2.05. The van der Waals surface area contributed by atoms with Gasteiger partial charge in [0.05, 0.1) is 31.7 Å². The average molecular weight is 513 g/mol. The van der Waals surface area contributed by atoms with Crippen molar-refractivity contribution in [3.63, 3.8) is 0 Å². The summed E-state index contributed by atoms with van der Waals surface area (Å²) in [6.07, 6.45) is 1.36. The number of aliphatic hydroxyl groups is 1. The van der Waals surface area contributed by atoms with E-state index in [9.17, 15) is 14.7 Å². The molecule has 0 radical (unpaired) electrons. The molecule has 3 N–H and O–H groups in total. The summed E-state index contributed by atoms with van der Waals surface area (Å²) in [6, 6.07) is 0. The molecule has 0 spiro atoms. The molecule has 0 saturated heterocycles. The van der Waals surface area contributed by atoms with Crippen LogP contribution in [0.3, 0.4) is 0 Å². The van der Waals surface area contributed by atoms with Crippen molar-refractivity contribution in [3.05, 3.63) is 24.3 Å². The van der Waals surface area contributed by atoms with Crippen molar-refractivity contribution in [2.75, 3.05) is 65.8 Å². The van der Waals surface area contributed by atoms with Crippen LogP contribution in [-0.4, -0.2) is 100 Å². The van der Waals surface area contributed by atoms with Crippen LogP contribution in [0.4, 0.5) is 0 Å². The zero-order valence-electron chi connectivity index (χ0n) is 20.4. The summed E-state index contributed by atoms with van der Waals surface area (Å²) >= 11 is 1.39. The Labute approximate surface area is 210 Å². The Balaban J connectivity index is 2.02. The van der Waals surface area contributed by atoms with Crippen LogP contribution in [-0.2, 0) is 33.3 Å². The molecule has 3 unspecified atom stereocenters. The van der Waals surface area contributed by atoms with E-state index < -0.39 is 18.0 Å². The number of esters is 2.